The molecule has 0 radical (unpaired) electrons. The Bertz CT molecular complexity index is 627. The van der Waals surface area contributed by atoms with E-state index in [0.717, 1.165) is 37.5 Å². The molecule has 0 bridgehead atoms. The first-order valence-corrected chi connectivity index (χ1v) is 7.75. The molecule has 4 heteroatoms. The van der Waals surface area contributed by atoms with Crippen molar-refractivity contribution >= 4 is 17.3 Å². The lowest BCUT2D eigenvalue weighted by atomic mass is 9.99. The van der Waals surface area contributed by atoms with Crippen LogP contribution in [0.15, 0.2) is 36.7 Å². The van der Waals surface area contributed by atoms with E-state index in [1.54, 1.807) is 0 Å². The molecule has 21 heavy (non-hydrogen) atoms. The number of fused-ring (bicyclic) bond motifs is 1. The molecule has 0 aliphatic carbocycles. The summed E-state index contributed by atoms with van der Waals surface area (Å²) in [6.07, 6.45) is 5.97. The Morgan fingerprint density at radius 1 is 1.24 bits per heavy atom. The summed E-state index contributed by atoms with van der Waals surface area (Å²) in [5, 5.41) is 4.01. The van der Waals surface area contributed by atoms with E-state index in [1.165, 1.54) is 22.4 Å². The van der Waals surface area contributed by atoms with Crippen molar-refractivity contribution in [3.63, 3.8) is 0 Å². The van der Waals surface area contributed by atoms with Crippen LogP contribution in [0.5, 0.6) is 0 Å². The van der Waals surface area contributed by atoms with Crippen LogP contribution in [-0.4, -0.2) is 25.1 Å². The number of rotatable bonds is 4. The van der Waals surface area contributed by atoms with Crippen molar-refractivity contribution in [2.24, 2.45) is 0 Å². The molecule has 1 aromatic heterocycles. The highest BCUT2D eigenvalue weighted by Crippen LogP contribution is 2.26. The molecule has 110 valence electrons. The second kappa shape index (κ2) is 6.46. The fourth-order valence-corrected chi connectivity index (χ4v) is 2.99. The number of hydrogen-bond acceptors (Lipinski definition) is 3. The Kier molecular flexibility index (Phi) is 4.42. The quantitative estimate of drug-likeness (QED) is 0.941. The van der Waals surface area contributed by atoms with Crippen LogP contribution < -0.4 is 10.2 Å². The molecule has 2 heterocycles. The van der Waals surface area contributed by atoms with Crippen LogP contribution in [0.1, 0.15) is 16.7 Å². The number of nitrogens with one attached hydrogen (secondary N) is 1. The Hall–Kier alpha value is -1.58. The summed E-state index contributed by atoms with van der Waals surface area (Å²) in [6, 6.07) is 8.47. The summed E-state index contributed by atoms with van der Waals surface area (Å²) in [6.45, 7) is 2.93. The van der Waals surface area contributed by atoms with E-state index in [9.17, 15) is 0 Å². The monoisotopic (exact) mass is 301 g/mol. The zero-order chi connectivity index (χ0) is 14.7. The molecule has 0 spiro atoms. The lowest BCUT2D eigenvalue weighted by Crippen LogP contribution is -2.30. The molecule has 0 amide bonds. The number of likely N-dealkylation sites (N-methyl/N-ethyl adjacent to an activating group) is 1. The fourth-order valence-electron chi connectivity index (χ4n) is 2.79. The van der Waals surface area contributed by atoms with E-state index >= 15 is 0 Å². The number of halogens is 1. The van der Waals surface area contributed by atoms with Crippen LogP contribution in [-0.2, 0) is 19.4 Å². The van der Waals surface area contributed by atoms with Crippen LogP contribution in [0.4, 0.5) is 5.69 Å². The number of aromatic nitrogens is 1. The molecular weight excluding hydrogens is 282 g/mol. The van der Waals surface area contributed by atoms with Gasteiger partial charge in [0.2, 0.25) is 0 Å². The summed E-state index contributed by atoms with van der Waals surface area (Å²) in [5.41, 5.74) is 5.23. The van der Waals surface area contributed by atoms with Gasteiger partial charge in [0.05, 0.1) is 11.9 Å². The molecule has 0 atom stereocenters. The maximum Gasteiger partial charge on any atom is 0.0558 e. The molecule has 0 saturated carbocycles. The topological polar surface area (TPSA) is 28.2 Å². The molecule has 2 aromatic rings. The van der Waals surface area contributed by atoms with Gasteiger partial charge in [-0.15, -0.1) is 0 Å². The summed E-state index contributed by atoms with van der Waals surface area (Å²) < 4.78 is 0. The molecule has 1 aromatic carbocycles. The number of benzene rings is 1. The number of pyridine rings is 1. The third-order valence-electron chi connectivity index (χ3n) is 3.99. The van der Waals surface area contributed by atoms with Crippen molar-refractivity contribution in [3.8, 4) is 0 Å². The van der Waals surface area contributed by atoms with E-state index < -0.39 is 0 Å². The summed E-state index contributed by atoms with van der Waals surface area (Å²) >= 11 is 6.07. The molecule has 0 saturated heterocycles. The van der Waals surface area contributed by atoms with Gasteiger partial charge in [0.15, 0.2) is 0 Å². The number of anilines is 1. The van der Waals surface area contributed by atoms with Gasteiger partial charge in [-0.25, -0.2) is 0 Å². The van der Waals surface area contributed by atoms with Gasteiger partial charge in [0, 0.05) is 24.3 Å². The molecule has 3 nitrogen and oxygen atoms in total. The van der Waals surface area contributed by atoms with Crippen molar-refractivity contribution < 1.29 is 0 Å². The van der Waals surface area contributed by atoms with Gasteiger partial charge in [-0.05, 0) is 61.3 Å². The molecule has 0 fully saturated rings. The number of hydrogen-bond donors (Lipinski definition) is 1. The van der Waals surface area contributed by atoms with Crippen molar-refractivity contribution in [2.45, 2.75) is 19.4 Å². The third kappa shape index (κ3) is 3.36. The van der Waals surface area contributed by atoms with Gasteiger partial charge in [-0.3, -0.25) is 4.98 Å². The normalized spacial score (nSPS) is 14.1. The van der Waals surface area contributed by atoms with Gasteiger partial charge >= 0.3 is 0 Å². The molecule has 1 aliphatic heterocycles. The van der Waals surface area contributed by atoms with Gasteiger partial charge in [-0.1, -0.05) is 17.7 Å². The lowest BCUT2D eigenvalue weighted by Gasteiger charge is -2.30. The Morgan fingerprint density at radius 3 is 3.00 bits per heavy atom. The Morgan fingerprint density at radius 2 is 2.14 bits per heavy atom. The van der Waals surface area contributed by atoms with Gasteiger partial charge < -0.3 is 10.2 Å². The van der Waals surface area contributed by atoms with Crippen LogP contribution in [0.3, 0.4) is 0 Å². The average Bonchev–Trinajstić information content (AvgIpc) is 2.52. The molecule has 3 rings (SSSR count). The van der Waals surface area contributed by atoms with Crippen LogP contribution >= 0.6 is 11.6 Å². The zero-order valence-electron chi connectivity index (χ0n) is 12.3. The maximum absolute atomic E-state index is 6.07. The summed E-state index contributed by atoms with van der Waals surface area (Å²) in [7, 11) is 1.98. The first kappa shape index (κ1) is 14.4. The average molecular weight is 302 g/mol. The molecule has 1 N–H and O–H groups in total. The lowest BCUT2D eigenvalue weighted by molar-refractivity contribution is 0.727. The Balaban J connectivity index is 1.78. The highest BCUT2D eigenvalue weighted by Gasteiger charge is 2.17. The van der Waals surface area contributed by atoms with Crippen molar-refractivity contribution in [3.05, 3.63) is 58.4 Å². The van der Waals surface area contributed by atoms with Gasteiger partial charge in [0.25, 0.3) is 0 Å². The first-order valence-electron chi connectivity index (χ1n) is 7.37. The molecule has 0 unspecified atom stereocenters. The predicted octanol–water partition coefficient (Wildman–Crippen LogP) is 3.06. The van der Waals surface area contributed by atoms with Crippen molar-refractivity contribution in [1.29, 1.82) is 0 Å². The summed E-state index contributed by atoms with van der Waals surface area (Å²) in [5.74, 6) is 0. The molecule has 1 aliphatic rings. The third-order valence-corrected chi connectivity index (χ3v) is 4.22. The minimum Gasteiger partial charge on any atom is -0.366 e. The first-order chi connectivity index (χ1) is 10.3. The highest BCUT2D eigenvalue weighted by molar-refractivity contribution is 6.30. The largest absolute Gasteiger partial charge is 0.366 e. The predicted molar refractivity (Wildman–Crippen MR) is 88.1 cm³/mol. The van der Waals surface area contributed by atoms with Crippen molar-refractivity contribution in [2.75, 3.05) is 25.0 Å². The van der Waals surface area contributed by atoms with Gasteiger partial charge in [-0.2, -0.15) is 0 Å². The number of nitrogens with zero attached hydrogens (tertiary/aromatic N) is 2. The van der Waals surface area contributed by atoms with Crippen LogP contribution in [0, 0.1) is 0 Å². The van der Waals surface area contributed by atoms with Gasteiger partial charge in [0.1, 0.15) is 0 Å². The Labute approximate surface area is 131 Å². The smallest absolute Gasteiger partial charge is 0.0558 e. The maximum atomic E-state index is 6.07. The highest BCUT2D eigenvalue weighted by atomic mass is 35.5. The van der Waals surface area contributed by atoms with E-state index in [2.05, 4.69) is 33.4 Å². The fraction of sp³-hybridized carbons (Fsp3) is 0.353. The zero-order valence-corrected chi connectivity index (χ0v) is 13.0. The van der Waals surface area contributed by atoms with Crippen LogP contribution in [0.2, 0.25) is 5.02 Å². The minimum atomic E-state index is 0.831. The second-order valence-electron chi connectivity index (χ2n) is 5.49. The second-order valence-corrected chi connectivity index (χ2v) is 5.93. The van der Waals surface area contributed by atoms with E-state index in [4.69, 9.17) is 11.6 Å². The van der Waals surface area contributed by atoms with E-state index in [1.807, 2.05) is 25.5 Å². The summed E-state index contributed by atoms with van der Waals surface area (Å²) in [4.78, 5) is 6.79. The minimum absolute atomic E-state index is 0.831. The van der Waals surface area contributed by atoms with Crippen LogP contribution in [0.25, 0.3) is 0 Å². The van der Waals surface area contributed by atoms with E-state index in [0.29, 0.717) is 0 Å². The van der Waals surface area contributed by atoms with E-state index in [-0.39, 0.29) is 0 Å². The molecular formula is C17H20ClN3. The standard InChI is InChI=1S/C17H20ClN3/c1-19-6-4-13-8-17(11-20-10-13)21-7-5-14-9-16(18)3-2-15(14)12-21/h2-3,8-11,19H,4-7,12H2,1H3. The van der Waals surface area contributed by atoms with Crippen molar-refractivity contribution in [1.82, 2.24) is 10.3 Å². The SMILES string of the molecule is CNCCc1cncc(N2CCc3cc(Cl)ccc3C2)c1.